The molecule has 0 radical (unpaired) electrons. The van der Waals surface area contributed by atoms with Crippen LogP contribution in [0.1, 0.15) is 57.2 Å². The van der Waals surface area contributed by atoms with Crippen LogP contribution in [0, 0.1) is 5.41 Å². The maximum atomic E-state index is 14.4. The summed E-state index contributed by atoms with van der Waals surface area (Å²) in [6.07, 6.45) is 3.23. The van der Waals surface area contributed by atoms with Gasteiger partial charge >= 0.3 is 0 Å². The minimum Gasteiger partial charge on any atom is -0.381 e. The number of alkyl halides is 1. The molecule has 0 saturated carbocycles. The van der Waals surface area contributed by atoms with Crippen molar-refractivity contribution in [2.45, 2.75) is 51.5 Å². The fourth-order valence-corrected chi connectivity index (χ4v) is 4.69. The van der Waals surface area contributed by atoms with Gasteiger partial charge in [0.25, 0.3) is 5.89 Å². The first-order valence-corrected chi connectivity index (χ1v) is 11.0. The van der Waals surface area contributed by atoms with Crippen LogP contribution in [0.2, 0.25) is 0 Å². The van der Waals surface area contributed by atoms with Crippen LogP contribution >= 0.6 is 0 Å². The second kappa shape index (κ2) is 7.68. The maximum Gasteiger partial charge on any atom is 0.258 e. The molecule has 1 atom stereocenters. The molecular weight excluding hydrogens is 423 g/mol. The molecular formula is C25H31FN4O3. The monoisotopic (exact) mass is 454 g/mol. The molecule has 0 bridgehead atoms. The van der Waals surface area contributed by atoms with Crippen LogP contribution in [0.25, 0.3) is 11.4 Å². The van der Waals surface area contributed by atoms with Crippen LogP contribution in [0.3, 0.4) is 0 Å². The van der Waals surface area contributed by atoms with Gasteiger partial charge in [-0.1, -0.05) is 36.3 Å². The number of likely N-dealkylation sites (tertiary alicyclic amines) is 1. The average Bonchev–Trinajstić information content (AvgIpc) is 3.22. The standard InChI is InChI=1S/C25H31FN4O3/c1-22(2,26)17-7-9-18(10-8-17)25(32,24(5)14-30(6)15-24)19-11-16(12-27-13-19)20-28-21(33-29-20)23(3,4)31/h7-13,31-32H,14-15H2,1-6H3. The van der Waals surface area contributed by atoms with Crippen LogP contribution in [0.5, 0.6) is 0 Å². The molecule has 0 aliphatic carbocycles. The largest absolute Gasteiger partial charge is 0.381 e. The molecule has 0 spiro atoms. The third kappa shape index (κ3) is 4.07. The van der Waals surface area contributed by atoms with Crippen molar-refractivity contribution in [3.8, 4) is 11.4 Å². The van der Waals surface area contributed by atoms with Crippen molar-refractivity contribution in [2.24, 2.45) is 5.41 Å². The lowest BCUT2D eigenvalue weighted by Gasteiger charge is -2.55. The number of aliphatic hydroxyl groups is 2. The molecule has 0 amide bonds. The first-order chi connectivity index (χ1) is 15.2. The molecule has 1 aliphatic heterocycles. The lowest BCUT2D eigenvalue weighted by molar-refractivity contribution is -0.127. The van der Waals surface area contributed by atoms with E-state index >= 15 is 0 Å². The topological polar surface area (TPSA) is 95.5 Å². The predicted octanol–water partition coefficient (Wildman–Crippen LogP) is 3.75. The second-order valence-electron chi connectivity index (χ2n) is 10.4. The van der Waals surface area contributed by atoms with Crippen molar-refractivity contribution in [3.05, 3.63) is 65.3 Å². The summed E-state index contributed by atoms with van der Waals surface area (Å²) in [5.74, 6) is 0.365. The molecule has 2 aromatic heterocycles. The number of halogens is 1. The molecule has 1 unspecified atom stereocenters. The van der Waals surface area contributed by atoms with E-state index in [0.29, 0.717) is 35.3 Å². The highest BCUT2D eigenvalue weighted by Gasteiger charge is 2.55. The third-order valence-corrected chi connectivity index (χ3v) is 6.46. The summed E-state index contributed by atoms with van der Waals surface area (Å²) in [6, 6.07) is 8.81. The fourth-order valence-electron chi connectivity index (χ4n) is 4.69. The molecule has 1 fully saturated rings. The summed E-state index contributed by atoms with van der Waals surface area (Å²) in [5, 5.41) is 26.4. The molecule has 3 heterocycles. The SMILES string of the molecule is CN1CC(C)(C(O)(c2ccc(C(C)(C)F)cc2)c2cncc(-c3noc(C(C)(C)O)n3)c2)C1. The molecule has 8 heteroatoms. The third-order valence-electron chi connectivity index (χ3n) is 6.46. The van der Waals surface area contributed by atoms with Gasteiger partial charge in [0.05, 0.1) is 0 Å². The number of benzene rings is 1. The molecule has 33 heavy (non-hydrogen) atoms. The first kappa shape index (κ1) is 23.5. The number of hydrogen-bond acceptors (Lipinski definition) is 7. The van der Waals surface area contributed by atoms with Gasteiger partial charge in [0.1, 0.15) is 16.9 Å². The number of hydrogen-bond donors (Lipinski definition) is 2. The molecule has 1 aliphatic rings. The number of rotatable bonds is 6. The normalized spacial score (nSPS) is 18.6. The van der Waals surface area contributed by atoms with Gasteiger partial charge < -0.3 is 19.6 Å². The number of aromatic nitrogens is 3. The van der Waals surface area contributed by atoms with Crippen molar-refractivity contribution >= 4 is 0 Å². The Bertz CT molecular complexity index is 1140. The molecule has 176 valence electrons. The lowest BCUT2D eigenvalue weighted by Crippen LogP contribution is -2.63. The van der Waals surface area contributed by atoms with Gasteiger partial charge in [-0.05, 0) is 51.9 Å². The maximum absolute atomic E-state index is 14.4. The summed E-state index contributed by atoms with van der Waals surface area (Å²) in [5.41, 5.74) is -2.28. The quantitative estimate of drug-likeness (QED) is 0.586. The van der Waals surface area contributed by atoms with Gasteiger partial charge in [-0.25, -0.2) is 4.39 Å². The van der Waals surface area contributed by atoms with E-state index in [1.165, 1.54) is 13.8 Å². The van der Waals surface area contributed by atoms with Crippen LogP contribution in [-0.2, 0) is 16.9 Å². The Morgan fingerprint density at radius 2 is 1.61 bits per heavy atom. The lowest BCUT2D eigenvalue weighted by atomic mass is 9.62. The molecule has 7 nitrogen and oxygen atoms in total. The summed E-state index contributed by atoms with van der Waals surface area (Å²) < 4.78 is 19.7. The zero-order valence-electron chi connectivity index (χ0n) is 19.9. The smallest absolute Gasteiger partial charge is 0.258 e. The Hall–Kier alpha value is -2.68. The molecule has 3 aromatic rings. The number of nitrogens with zero attached hydrogens (tertiary/aromatic N) is 4. The minimum absolute atomic E-state index is 0.0928. The van der Waals surface area contributed by atoms with Gasteiger partial charge in [-0.2, -0.15) is 4.98 Å². The summed E-state index contributed by atoms with van der Waals surface area (Å²) in [7, 11) is 2.00. The van der Waals surface area contributed by atoms with Crippen molar-refractivity contribution in [1.82, 2.24) is 20.0 Å². The van der Waals surface area contributed by atoms with E-state index in [1.807, 2.05) is 14.0 Å². The zero-order chi connectivity index (χ0) is 24.2. The molecule has 2 N–H and O–H groups in total. The van der Waals surface area contributed by atoms with E-state index in [0.717, 1.165) is 0 Å². The Labute approximate surface area is 193 Å². The molecule has 1 aromatic carbocycles. The Kier molecular flexibility index (Phi) is 5.47. The van der Waals surface area contributed by atoms with Crippen LogP contribution in [-0.4, -0.2) is 50.4 Å². The van der Waals surface area contributed by atoms with E-state index in [1.54, 1.807) is 56.6 Å². The van der Waals surface area contributed by atoms with Gasteiger partial charge in [-0.15, -0.1) is 0 Å². The van der Waals surface area contributed by atoms with E-state index in [9.17, 15) is 14.6 Å². The minimum atomic E-state index is -1.48. The molecule has 1 saturated heterocycles. The van der Waals surface area contributed by atoms with Crippen molar-refractivity contribution < 1.29 is 19.1 Å². The number of pyridine rings is 1. The van der Waals surface area contributed by atoms with E-state index in [2.05, 4.69) is 20.0 Å². The summed E-state index contributed by atoms with van der Waals surface area (Å²) in [6.45, 7) is 9.53. The van der Waals surface area contributed by atoms with Crippen LogP contribution in [0.15, 0.2) is 47.2 Å². The fraction of sp³-hybridized carbons (Fsp3) is 0.480. The zero-order valence-corrected chi connectivity index (χ0v) is 19.9. The van der Waals surface area contributed by atoms with E-state index in [-0.39, 0.29) is 11.7 Å². The average molecular weight is 455 g/mol. The van der Waals surface area contributed by atoms with Crippen molar-refractivity contribution in [3.63, 3.8) is 0 Å². The van der Waals surface area contributed by atoms with E-state index in [4.69, 9.17) is 4.52 Å². The van der Waals surface area contributed by atoms with Gasteiger partial charge in [0.2, 0.25) is 5.82 Å². The van der Waals surface area contributed by atoms with Crippen molar-refractivity contribution in [2.75, 3.05) is 20.1 Å². The summed E-state index contributed by atoms with van der Waals surface area (Å²) in [4.78, 5) is 10.8. The second-order valence-corrected chi connectivity index (χ2v) is 10.4. The first-order valence-electron chi connectivity index (χ1n) is 11.0. The highest BCUT2D eigenvalue weighted by molar-refractivity contribution is 5.56. The van der Waals surface area contributed by atoms with Crippen LogP contribution < -0.4 is 0 Å². The Morgan fingerprint density at radius 1 is 1.00 bits per heavy atom. The van der Waals surface area contributed by atoms with Gasteiger partial charge in [0.15, 0.2) is 0 Å². The van der Waals surface area contributed by atoms with Crippen molar-refractivity contribution in [1.29, 1.82) is 0 Å². The molecule has 4 rings (SSSR count). The highest BCUT2D eigenvalue weighted by atomic mass is 19.1. The van der Waals surface area contributed by atoms with E-state index < -0.39 is 22.3 Å². The van der Waals surface area contributed by atoms with Gasteiger partial charge in [-0.3, -0.25) is 4.98 Å². The predicted molar refractivity (Wildman–Crippen MR) is 122 cm³/mol. The van der Waals surface area contributed by atoms with Gasteiger partial charge in [0, 0.05) is 42.0 Å². The van der Waals surface area contributed by atoms with Crippen LogP contribution in [0.4, 0.5) is 4.39 Å². The highest BCUT2D eigenvalue weighted by Crippen LogP contribution is 2.50. The summed E-state index contributed by atoms with van der Waals surface area (Å²) >= 11 is 0. The Balaban J connectivity index is 1.81. The Morgan fingerprint density at radius 3 is 2.12 bits per heavy atom.